The van der Waals surface area contributed by atoms with Gasteiger partial charge in [-0.2, -0.15) is 0 Å². The average Bonchev–Trinajstić information content (AvgIpc) is 3.18. The highest BCUT2D eigenvalue weighted by Crippen LogP contribution is 2.76. The van der Waals surface area contributed by atoms with Gasteiger partial charge >= 0.3 is 5.97 Å². The third-order valence-electron chi connectivity index (χ3n) is 18.2. The Balaban J connectivity index is 1.02. The molecule has 0 aromatic heterocycles. The van der Waals surface area contributed by atoms with Gasteiger partial charge in [0.05, 0.1) is 32.0 Å². The van der Waals surface area contributed by atoms with Crippen LogP contribution < -0.4 is 0 Å². The van der Waals surface area contributed by atoms with Crippen molar-refractivity contribution in [1.29, 1.82) is 0 Å². The van der Waals surface area contributed by atoms with Gasteiger partial charge in [0, 0.05) is 0 Å². The molecule has 0 amide bonds. The van der Waals surface area contributed by atoms with Crippen molar-refractivity contribution in [2.75, 3.05) is 19.8 Å². The monoisotopic (exact) mass is 868 g/mol. The van der Waals surface area contributed by atoms with E-state index in [1.54, 1.807) is 0 Å². The number of rotatable bonds is 7. The molecule has 0 radical (unpaired) electrons. The molecule has 16 nitrogen and oxygen atoms in total. The standard InChI is InChI=1S/C45H72O16/c1-40(2)14-15-45(39(54)55)22(16-40)21-8-9-27-42(5)12-11-29(41(3,4)26(42)10-13-43(27,6)44(21,7)17-28(45)49)59-37-34(31(51)24(47)19-57-37)61-38-35(32(52)25(48)20-58-38)60-36-33(53)30(50)23(46)18-56-36/h8,22-38,46-53H,9-20H2,1-7H3,(H,54,55)/t22-,23+,24+,25+,26+,27-,28-,29+,30+,31+,32+,33+,34+,35+,36+,37+,38+,42-,43-,44-,45-/m1/s1. The van der Waals surface area contributed by atoms with Crippen molar-refractivity contribution in [3.8, 4) is 0 Å². The van der Waals surface area contributed by atoms with E-state index < -0.39 is 96.7 Å². The summed E-state index contributed by atoms with van der Waals surface area (Å²) in [6, 6.07) is 0. The van der Waals surface area contributed by atoms with Crippen molar-refractivity contribution in [3.63, 3.8) is 0 Å². The van der Waals surface area contributed by atoms with Crippen molar-refractivity contribution < 1.29 is 79.2 Å². The highest BCUT2D eigenvalue weighted by atomic mass is 16.8. The third-order valence-corrected chi connectivity index (χ3v) is 18.2. The molecule has 8 aliphatic rings. The first-order chi connectivity index (χ1) is 28.4. The summed E-state index contributed by atoms with van der Waals surface area (Å²) in [6.07, 6.45) is -10.1. The number of carbonyl (C=O) groups is 1. The van der Waals surface area contributed by atoms with Crippen LogP contribution in [-0.4, -0.2) is 158 Å². The predicted molar refractivity (Wildman–Crippen MR) is 214 cm³/mol. The Bertz CT molecular complexity index is 1670. The van der Waals surface area contributed by atoms with Gasteiger partial charge in [0.2, 0.25) is 0 Å². The highest BCUT2D eigenvalue weighted by Gasteiger charge is 2.71. The topological polar surface area (TPSA) is 255 Å². The lowest BCUT2D eigenvalue weighted by atomic mass is 9.33. The molecule has 0 unspecified atom stereocenters. The van der Waals surface area contributed by atoms with Crippen molar-refractivity contribution in [1.82, 2.24) is 0 Å². The minimum atomic E-state index is -1.71. The van der Waals surface area contributed by atoms with E-state index in [-0.39, 0.29) is 65.3 Å². The number of fused-ring (bicyclic) bond motifs is 7. The molecule has 3 aliphatic heterocycles. The Labute approximate surface area is 358 Å². The number of aliphatic hydroxyl groups excluding tert-OH is 8. The summed E-state index contributed by atoms with van der Waals surface area (Å²) in [5.41, 5.74) is -1.10. The molecule has 0 aromatic rings. The minimum Gasteiger partial charge on any atom is -0.481 e. The number of aliphatic hydroxyl groups is 8. The van der Waals surface area contributed by atoms with Crippen molar-refractivity contribution >= 4 is 5.97 Å². The van der Waals surface area contributed by atoms with Gasteiger partial charge in [-0.15, -0.1) is 0 Å². The number of allylic oxidation sites excluding steroid dienone is 2. The summed E-state index contributed by atoms with van der Waals surface area (Å²) in [7, 11) is 0. The molecule has 0 spiro atoms. The fraction of sp³-hybridized carbons (Fsp3) is 0.933. The van der Waals surface area contributed by atoms with Gasteiger partial charge < -0.3 is 74.4 Å². The fourth-order valence-electron chi connectivity index (χ4n) is 14.4. The molecule has 3 saturated heterocycles. The molecule has 5 aliphatic carbocycles. The summed E-state index contributed by atoms with van der Waals surface area (Å²) >= 11 is 0. The Morgan fingerprint density at radius 3 is 1.80 bits per heavy atom. The second kappa shape index (κ2) is 15.9. The summed E-state index contributed by atoms with van der Waals surface area (Å²) in [6.45, 7) is 15.0. The molecule has 0 aromatic carbocycles. The van der Waals surface area contributed by atoms with Gasteiger partial charge in [-0.1, -0.05) is 60.1 Å². The molecule has 3 heterocycles. The van der Waals surface area contributed by atoms with Gasteiger partial charge in [-0.25, -0.2) is 0 Å². The van der Waals surface area contributed by atoms with E-state index >= 15 is 0 Å². The van der Waals surface area contributed by atoms with Gasteiger partial charge in [0.25, 0.3) is 0 Å². The number of hydrogen-bond acceptors (Lipinski definition) is 15. The smallest absolute Gasteiger partial charge is 0.312 e. The second-order valence-corrected chi connectivity index (χ2v) is 22.2. The quantitative estimate of drug-likeness (QED) is 0.130. The Hall–Kier alpha value is -1.35. The van der Waals surface area contributed by atoms with Crippen LogP contribution in [0.2, 0.25) is 0 Å². The normalized spacial score (nSPS) is 54.3. The Morgan fingerprint density at radius 1 is 0.639 bits per heavy atom. The lowest BCUT2D eigenvalue weighted by molar-refractivity contribution is -0.378. The van der Waals surface area contributed by atoms with Crippen LogP contribution in [0, 0.1) is 50.2 Å². The first-order valence-corrected chi connectivity index (χ1v) is 22.6. The lowest BCUT2D eigenvalue weighted by Gasteiger charge is -2.71. The molecular formula is C45H72O16. The highest BCUT2D eigenvalue weighted by molar-refractivity contribution is 5.77. The molecular weight excluding hydrogens is 796 g/mol. The molecule has 9 N–H and O–H groups in total. The average molecular weight is 869 g/mol. The van der Waals surface area contributed by atoms with Crippen LogP contribution in [0.25, 0.3) is 0 Å². The van der Waals surface area contributed by atoms with E-state index in [1.165, 1.54) is 5.57 Å². The summed E-state index contributed by atoms with van der Waals surface area (Å²) in [5, 5.41) is 97.2. The van der Waals surface area contributed by atoms with E-state index in [4.69, 9.17) is 28.4 Å². The minimum absolute atomic E-state index is 0.0294. The van der Waals surface area contributed by atoms with Gasteiger partial charge in [0.15, 0.2) is 18.9 Å². The molecule has 0 bridgehead atoms. The van der Waals surface area contributed by atoms with Crippen molar-refractivity contribution in [3.05, 3.63) is 11.6 Å². The van der Waals surface area contributed by atoms with Crippen LogP contribution in [0.15, 0.2) is 11.6 Å². The lowest BCUT2D eigenvalue weighted by Crippen LogP contribution is -2.68. The van der Waals surface area contributed by atoms with E-state index in [1.807, 2.05) is 0 Å². The van der Waals surface area contributed by atoms with Gasteiger partial charge in [-0.3, -0.25) is 4.79 Å². The molecule has 61 heavy (non-hydrogen) atoms. The summed E-state index contributed by atoms with van der Waals surface area (Å²) in [4.78, 5) is 13.2. The number of ether oxygens (including phenoxy) is 6. The van der Waals surface area contributed by atoms with Gasteiger partial charge in [0.1, 0.15) is 60.4 Å². The first-order valence-electron chi connectivity index (χ1n) is 22.6. The SMILES string of the molecule is CC1(C)CC[C@]2(C(=O)O)[C@H](O)C[C@]3(C)C(=CC[C@@H]4[C@]5(C)CC[C@H](O[C@@H]6OC[C@H](O)[C@H](O)[C@@H]6O[C@@H]6OC[C@H](O)[C@H](O)[C@@H]6O[C@@H]6OC[C@H](O)[C@H](O)[C@@H]6O)C(C)(C)[C@@H]5CC[C@]43C)[C@H]2C1. The Kier molecular flexibility index (Phi) is 12.1. The van der Waals surface area contributed by atoms with Crippen molar-refractivity contribution in [2.24, 2.45) is 50.2 Å². The van der Waals surface area contributed by atoms with Crippen LogP contribution in [0.4, 0.5) is 0 Å². The van der Waals surface area contributed by atoms with Crippen LogP contribution in [0.3, 0.4) is 0 Å². The number of hydrogen-bond donors (Lipinski definition) is 9. The Morgan fingerprint density at radius 2 is 1.20 bits per heavy atom. The zero-order valence-electron chi connectivity index (χ0n) is 36.8. The molecule has 16 heteroatoms. The number of carboxylic acid groups (broad SMARTS) is 1. The molecule has 348 valence electrons. The summed E-state index contributed by atoms with van der Waals surface area (Å²) < 4.78 is 36.1. The molecule has 4 saturated carbocycles. The van der Waals surface area contributed by atoms with Crippen LogP contribution in [-0.2, 0) is 33.2 Å². The predicted octanol–water partition coefficient (Wildman–Crippen LogP) is 1.59. The zero-order valence-corrected chi connectivity index (χ0v) is 36.8. The van der Waals surface area contributed by atoms with E-state index in [9.17, 15) is 50.8 Å². The fourth-order valence-corrected chi connectivity index (χ4v) is 14.4. The summed E-state index contributed by atoms with van der Waals surface area (Å²) in [5.74, 6) is -0.656. The van der Waals surface area contributed by atoms with E-state index in [0.29, 0.717) is 19.3 Å². The maximum atomic E-state index is 13.2. The van der Waals surface area contributed by atoms with Crippen LogP contribution in [0.1, 0.15) is 106 Å². The number of aliphatic carboxylic acids is 1. The van der Waals surface area contributed by atoms with Crippen LogP contribution >= 0.6 is 0 Å². The van der Waals surface area contributed by atoms with E-state index in [2.05, 4.69) is 54.5 Å². The third kappa shape index (κ3) is 7.11. The first kappa shape index (κ1) is 46.2. The number of carboxylic acids is 1. The maximum absolute atomic E-state index is 13.2. The van der Waals surface area contributed by atoms with Crippen molar-refractivity contribution in [2.45, 2.75) is 192 Å². The zero-order chi connectivity index (χ0) is 44.4. The molecule has 7 fully saturated rings. The largest absolute Gasteiger partial charge is 0.481 e. The molecule has 8 rings (SSSR count). The molecule has 21 atom stereocenters. The van der Waals surface area contributed by atoms with Gasteiger partial charge in [-0.05, 0) is 103 Å². The van der Waals surface area contributed by atoms with Crippen LogP contribution in [0.5, 0.6) is 0 Å². The second-order valence-electron chi connectivity index (χ2n) is 22.2. The van der Waals surface area contributed by atoms with E-state index in [0.717, 1.165) is 38.5 Å². The maximum Gasteiger partial charge on any atom is 0.312 e.